The molecule has 1 aliphatic rings. The normalized spacial score (nSPS) is 18.7. The molecule has 0 bridgehead atoms. The number of hydrogen-bond acceptors (Lipinski definition) is 6. The number of aromatic nitrogens is 2. The van der Waals surface area contributed by atoms with Gasteiger partial charge in [0.25, 0.3) is 5.91 Å². The Hall–Kier alpha value is -2.87. The first-order chi connectivity index (χ1) is 13.1. The number of aryl methyl sites for hydroxylation is 1. The maximum Gasteiger partial charge on any atom is 0.299 e. The number of nitrogens with one attached hydrogen (secondary N) is 1. The zero-order chi connectivity index (χ0) is 19.2. The number of likely N-dealkylation sites (tertiary alicyclic amines) is 1. The molecule has 0 radical (unpaired) electrons. The number of nitrogens with zero attached hydrogens (tertiary/aromatic N) is 4. The molecular formula is C19H23N5O3. The third-order valence-electron chi connectivity index (χ3n) is 4.40. The number of rotatable bonds is 6. The molecule has 8 heteroatoms. The average Bonchev–Trinajstić information content (AvgIpc) is 3.30. The van der Waals surface area contributed by atoms with Crippen LogP contribution in [0.2, 0.25) is 0 Å². The van der Waals surface area contributed by atoms with Crippen LogP contribution in [0.4, 0.5) is 0 Å². The Kier molecular flexibility index (Phi) is 6.08. The highest BCUT2D eigenvalue weighted by Crippen LogP contribution is 2.20. The van der Waals surface area contributed by atoms with Crippen LogP contribution in [0.1, 0.15) is 42.1 Å². The summed E-state index contributed by atoms with van der Waals surface area (Å²) in [4.78, 5) is 35.1. The van der Waals surface area contributed by atoms with Gasteiger partial charge in [0, 0.05) is 56.6 Å². The molecule has 0 aromatic carbocycles. The summed E-state index contributed by atoms with van der Waals surface area (Å²) in [6.07, 6.45) is 4.56. The van der Waals surface area contributed by atoms with Crippen LogP contribution >= 0.6 is 0 Å². The van der Waals surface area contributed by atoms with Crippen molar-refractivity contribution in [1.29, 1.82) is 0 Å². The van der Waals surface area contributed by atoms with Gasteiger partial charge >= 0.3 is 0 Å². The van der Waals surface area contributed by atoms with Gasteiger partial charge in [-0.05, 0) is 18.6 Å². The zero-order valence-corrected chi connectivity index (χ0v) is 15.5. The van der Waals surface area contributed by atoms with E-state index in [0.29, 0.717) is 43.9 Å². The second kappa shape index (κ2) is 8.68. The van der Waals surface area contributed by atoms with E-state index in [4.69, 9.17) is 4.52 Å². The lowest BCUT2D eigenvalue weighted by Gasteiger charge is -2.22. The van der Waals surface area contributed by atoms with Crippen molar-refractivity contribution in [2.24, 2.45) is 4.99 Å². The van der Waals surface area contributed by atoms with E-state index < -0.39 is 5.91 Å². The first kappa shape index (κ1) is 18.9. The molecule has 1 saturated heterocycles. The van der Waals surface area contributed by atoms with Crippen molar-refractivity contribution in [3.63, 3.8) is 0 Å². The highest BCUT2D eigenvalue weighted by Gasteiger charge is 2.34. The minimum atomic E-state index is -0.439. The Bertz CT molecular complexity index is 831. The lowest BCUT2D eigenvalue weighted by molar-refractivity contribution is -0.125. The summed E-state index contributed by atoms with van der Waals surface area (Å²) in [6, 6.07) is 5.07. The number of aliphatic imine (C=N–C) groups is 1. The fraction of sp³-hybridized carbons (Fsp3) is 0.421. The van der Waals surface area contributed by atoms with Gasteiger partial charge in [-0.1, -0.05) is 18.1 Å². The zero-order valence-electron chi connectivity index (χ0n) is 15.5. The van der Waals surface area contributed by atoms with Gasteiger partial charge < -0.3 is 9.84 Å². The van der Waals surface area contributed by atoms with E-state index in [9.17, 15) is 9.59 Å². The monoisotopic (exact) mass is 369 g/mol. The van der Waals surface area contributed by atoms with E-state index in [2.05, 4.69) is 20.4 Å². The largest absolute Gasteiger partial charge is 0.361 e. The molecule has 2 aromatic heterocycles. The van der Waals surface area contributed by atoms with Crippen LogP contribution in [0.15, 0.2) is 40.1 Å². The molecule has 0 unspecified atom stereocenters. The van der Waals surface area contributed by atoms with Gasteiger partial charge in [-0.15, -0.1) is 0 Å². The van der Waals surface area contributed by atoms with Gasteiger partial charge in [-0.2, -0.15) is 0 Å². The van der Waals surface area contributed by atoms with Crippen LogP contribution in [-0.2, 0) is 17.8 Å². The van der Waals surface area contributed by atoms with Crippen LogP contribution in [0.25, 0.3) is 0 Å². The van der Waals surface area contributed by atoms with Crippen molar-refractivity contribution in [2.45, 2.75) is 39.3 Å². The molecule has 0 spiro atoms. The number of carbonyl (C=O) groups is 2. The van der Waals surface area contributed by atoms with Gasteiger partial charge in [0.15, 0.2) is 5.69 Å². The van der Waals surface area contributed by atoms with E-state index in [-0.39, 0.29) is 17.6 Å². The highest BCUT2D eigenvalue weighted by molar-refractivity contribution is 6.06. The molecule has 142 valence electrons. The predicted molar refractivity (Wildman–Crippen MR) is 99.4 cm³/mol. The summed E-state index contributed by atoms with van der Waals surface area (Å²) < 4.78 is 5.07. The molecule has 0 aliphatic carbocycles. The number of carbonyl (C=O) groups excluding carboxylic acids is 2. The Labute approximate surface area is 157 Å². The van der Waals surface area contributed by atoms with Crippen LogP contribution in [0.5, 0.6) is 0 Å². The fourth-order valence-corrected chi connectivity index (χ4v) is 3.07. The molecule has 2 aromatic rings. The Morgan fingerprint density at radius 1 is 1.41 bits per heavy atom. The molecule has 1 N–H and O–H groups in total. The van der Waals surface area contributed by atoms with Crippen LogP contribution in [-0.4, -0.2) is 51.7 Å². The van der Waals surface area contributed by atoms with Crippen LogP contribution < -0.4 is 5.32 Å². The number of likely N-dealkylation sites (N-methyl/N-ethyl adjacent to an activating group) is 1. The minimum Gasteiger partial charge on any atom is -0.361 e. The summed E-state index contributed by atoms with van der Waals surface area (Å²) in [6.45, 7) is 5.37. The predicted octanol–water partition coefficient (Wildman–Crippen LogP) is 1.62. The van der Waals surface area contributed by atoms with Gasteiger partial charge in [-0.3, -0.25) is 19.5 Å². The quantitative estimate of drug-likeness (QED) is 0.830. The Morgan fingerprint density at radius 2 is 2.26 bits per heavy atom. The van der Waals surface area contributed by atoms with E-state index in [1.807, 2.05) is 30.9 Å². The van der Waals surface area contributed by atoms with Crippen LogP contribution in [0.3, 0.4) is 0 Å². The third-order valence-corrected chi connectivity index (χ3v) is 4.40. The van der Waals surface area contributed by atoms with Crippen molar-refractivity contribution in [1.82, 2.24) is 20.4 Å². The van der Waals surface area contributed by atoms with Crippen LogP contribution in [0, 0.1) is 0 Å². The lowest BCUT2D eigenvalue weighted by Crippen LogP contribution is -2.42. The molecule has 3 rings (SSSR count). The van der Waals surface area contributed by atoms with Gasteiger partial charge in [0.2, 0.25) is 5.91 Å². The second-order valence-electron chi connectivity index (χ2n) is 6.40. The lowest BCUT2D eigenvalue weighted by atomic mass is 10.1. The topological polar surface area (TPSA) is 101 Å². The first-order valence-corrected chi connectivity index (χ1v) is 9.07. The fourth-order valence-electron chi connectivity index (χ4n) is 3.07. The molecule has 1 aliphatic heterocycles. The Morgan fingerprint density at radius 3 is 2.93 bits per heavy atom. The molecule has 3 heterocycles. The van der Waals surface area contributed by atoms with Gasteiger partial charge in [-0.25, -0.2) is 4.99 Å². The molecule has 27 heavy (non-hydrogen) atoms. The molecule has 1 atom stereocenters. The van der Waals surface area contributed by atoms with Crippen molar-refractivity contribution in [3.8, 4) is 0 Å². The van der Waals surface area contributed by atoms with Crippen molar-refractivity contribution in [2.75, 3.05) is 13.1 Å². The number of pyridine rings is 1. The number of amides is 2. The van der Waals surface area contributed by atoms with Crippen molar-refractivity contribution < 1.29 is 14.1 Å². The van der Waals surface area contributed by atoms with Crippen molar-refractivity contribution >= 4 is 17.5 Å². The SMILES string of the molecule is CCNC(=O)[C@@H]1CC(=NC(=O)c2cc(CC)on2)CN1Cc1cccnc1. The third kappa shape index (κ3) is 4.65. The second-order valence-corrected chi connectivity index (χ2v) is 6.40. The van der Waals surface area contributed by atoms with E-state index in [0.717, 1.165) is 5.56 Å². The summed E-state index contributed by atoms with van der Waals surface area (Å²) in [7, 11) is 0. The van der Waals surface area contributed by atoms with Gasteiger partial charge in [0.05, 0.1) is 6.04 Å². The summed E-state index contributed by atoms with van der Waals surface area (Å²) in [5.41, 5.74) is 1.87. The Balaban J connectivity index is 1.76. The molecule has 1 fully saturated rings. The summed E-state index contributed by atoms with van der Waals surface area (Å²) in [5, 5.41) is 6.62. The molecule has 2 amide bonds. The van der Waals surface area contributed by atoms with E-state index in [1.54, 1.807) is 18.5 Å². The molecule has 8 nitrogen and oxygen atoms in total. The smallest absolute Gasteiger partial charge is 0.299 e. The molecule has 0 saturated carbocycles. The standard InChI is InChI=1S/C19H23N5O3/c1-3-15-9-16(23-27-15)18(25)22-14-8-17(19(26)21-4-2)24(12-14)11-13-6-5-7-20-10-13/h5-7,9-10,17H,3-4,8,11-12H2,1-2H3,(H,21,26)/t17-/m0/s1. The van der Waals surface area contributed by atoms with E-state index in [1.165, 1.54) is 0 Å². The average molecular weight is 369 g/mol. The van der Waals surface area contributed by atoms with Crippen molar-refractivity contribution in [3.05, 3.63) is 47.6 Å². The summed E-state index contributed by atoms with van der Waals surface area (Å²) >= 11 is 0. The highest BCUT2D eigenvalue weighted by atomic mass is 16.5. The number of hydrogen-bond donors (Lipinski definition) is 1. The maximum absolute atomic E-state index is 12.5. The van der Waals surface area contributed by atoms with Gasteiger partial charge in [0.1, 0.15) is 5.76 Å². The summed E-state index contributed by atoms with van der Waals surface area (Å²) in [5.74, 6) is 0.142. The van der Waals surface area contributed by atoms with E-state index >= 15 is 0 Å². The minimum absolute atomic E-state index is 0.0613. The molecular weight excluding hydrogens is 346 g/mol. The first-order valence-electron chi connectivity index (χ1n) is 9.07. The maximum atomic E-state index is 12.5.